The molecule has 9 heteroatoms. The SMILES string of the molecule is CCCc1ccc(N2CCN(Cc3ccc(OC)c(OC)c3OC)CC2)c(S(=O)(=O)O)c1. The van der Waals surface area contributed by atoms with E-state index in [2.05, 4.69) is 4.90 Å². The molecule has 0 aliphatic carbocycles. The first kappa shape index (κ1) is 24.2. The molecule has 8 nitrogen and oxygen atoms in total. The number of ether oxygens (including phenoxy) is 3. The summed E-state index contributed by atoms with van der Waals surface area (Å²) in [5.74, 6) is 1.83. The summed E-state index contributed by atoms with van der Waals surface area (Å²) in [7, 11) is 0.476. The topological polar surface area (TPSA) is 88.5 Å². The minimum Gasteiger partial charge on any atom is -0.493 e. The molecule has 0 saturated carbocycles. The van der Waals surface area contributed by atoms with Crippen LogP contribution >= 0.6 is 0 Å². The maximum Gasteiger partial charge on any atom is 0.296 e. The second kappa shape index (κ2) is 10.4. The van der Waals surface area contributed by atoms with Gasteiger partial charge in [0, 0.05) is 38.3 Å². The monoisotopic (exact) mass is 464 g/mol. The van der Waals surface area contributed by atoms with E-state index in [1.165, 1.54) is 0 Å². The van der Waals surface area contributed by atoms with Crippen LogP contribution in [0.2, 0.25) is 0 Å². The number of nitrogens with zero attached hydrogens (tertiary/aromatic N) is 2. The summed E-state index contributed by atoms with van der Waals surface area (Å²) in [4.78, 5) is 4.28. The van der Waals surface area contributed by atoms with E-state index >= 15 is 0 Å². The summed E-state index contributed by atoms with van der Waals surface area (Å²) in [5, 5.41) is 0. The molecular formula is C23H32N2O6S. The Kier molecular flexibility index (Phi) is 7.86. The minimum atomic E-state index is -4.31. The average Bonchev–Trinajstić information content (AvgIpc) is 2.78. The number of hydrogen-bond acceptors (Lipinski definition) is 7. The Hall–Kier alpha value is -2.49. The van der Waals surface area contributed by atoms with Crippen LogP contribution in [-0.4, -0.2) is 65.4 Å². The van der Waals surface area contributed by atoms with Crippen LogP contribution in [0.4, 0.5) is 5.69 Å². The van der Waals surface area contributed by atoms with Gasteiger partial charge in [-0.15, -0.1) is 0 Å². The quantitative estimate of drug-likeness (QED) is 0.566. The first-order valence-electron chi connectivity index (χ1n) is 10.7. The van der Waals surface area contributed by atoms with E-state index in [1.807, 2.05) is 30.0 Å². The zero-order valence-electron chi connectivity index (χ0n) is 19.1. The summed E-state index contributed by atoms with van der Waals surface area (Å²) in [6.07, 6.45) is 1.67. The predicted octanol–water partition coefficient (Wildman–Crippen LogP) is 3.23. The third-order valence-corrected chi connectivity index (χ3v) is 6.62. The fourth-order valence-electron chi connectivity index (χ4n) is 4.15. The summed E-state index contributed by atoms with van der Waals surface area (Å²) in [6.45, 7) is 5.46. The largest absolute Gasteiger partial charge is 0.493 e. The van der Waals surface area contributed by atoms with Gasteiger partial charge in [-0.1, -0.05) is 25.5 Å². The molecule has 0 atom stereocenters. The van der Waals surface area contributed by atoms with Crippen molar-refractivity contribution in [3.05, 3.63) is 41.5 Å². The molecule has 0 amide bonds. The van der Waals surface area contributed by atoms with E-state index in [-0.39, 0.29) is 4.90 Å². The molecule has 1 aliphatic rings. The maximum absolute atomic E-state index is 12.0. The highest BCUT2D eigenvalue weighted by Gasteiger charge is 2.25. The molecule has 0 spiro atoms. The van der Waals surface area contributed by atoms with E-state index in [1.54, 1.807) is 33.5 Å². The Bertz CT molecular complexity index is 1030. The van der Waals surface area contributed by atoms with Crippen LogP contribution in [0.25, 0.3) is 0 Å². The maximum atomic E-state index is 12.0. The van der Waals surface area contributed by atoms with Gasteiger partial charge in [0.15, 0.2) is 11.5 Å². The third kappa shape index (κ3) is 5.28. The van der Waals surface area contributed by atoms with E-state index in [0.29, 0.717) is 42.6 Å². The zero-order chi connectivity index (χ0) is 23.3. The van der Waals surface area contributed by atoms with Crippen LogP contribution in [0.5, 0.6) is 17.2 Å². The highest BCUT2D eigenvalue weighted by molar-refractivity contribution is 7.86. The van der Waals surface area contributed by atoms with Crippen LogP contribution in [0.1, 0.15) is 24.5 Å². The van der Waals surface area contributed by atoms with Crippen LogP contribution < -0.4 is 19.1 Å². The first-order valence-corrected chi connectivity index (χ1v) is 12.1. The summed E-state index contributed by atoms with van der Waals surface area (Å²) < 4.78 is 50.3. The van der Waals surface area contributed by atoms with Crippen LogP contribution in [0.15, 0.2) is 35.2 Å². The van der Waals surface area contributed by atoms with Gasteiger partial charge in [0.1, 0.15) is 4.90 Å². The van der Waals surface area contributed by atoms with Crippen molar-refractivity contribution in [2.45, 2.75) is 31.2 Å². The van der Waals surface area contributed by atoms with Gasteiger partial charge in [-0.05, 0) is 30.2 Å². The highest BCUT2D eigenvalue weighted by Crippen LogP contribution is 2.40. The number of piperazine rings is 1. The molecule has 176 valence electrons. The van der Waals surface area contributed by atoms with Crippen molar-refractivity contribution < 1.29 is 27.2 Å². The molecule has 1 N–H and O–H groups in total. The Morgan fingerprint density at radius 3 is 2.19 bits per heavy atom. The lowest BCUT2D eigenvalue weighted by molar-refractivity contribution is 0.243. The molecule has 1 heterocycles. The van der Waals surface area contributed by atoms with Crippen LogP contribution in [0.3, 0.4) is 0 Å². The molecule has 32 heavy (non-hydrogen) atoms. The molecule has 2 aromatic carbocycles. The standard InChI is InChI=1S/C23H32N2O6S/c1-5-6-17-7-9-19(21(15-17)32(26,27)28)25-13-11-24(12-14-25)16-18-8-10-20(29-2)23(31-4)22(18)30-3/h7-10,15H,5-6,11-14,16H2,1-4H3,(H,26,27,28). The fourth-order valence-corrected chi connectivity index (χ4v) is 4.91. The van der Waals surface area contributed by atoms with E-state index in [4.69, 9.17) is 14.2 Å². The molecule has 0 aromatic heterocycles. The van der Waals surface area contributed by atoms with Gasteiger partial charge in [-0.2, -0.15) is 8.42 Å². The Labute approximate surface area is 190 Å². The van der Waals surface area contributed by atoms with Gasteiger partial charge >= 0.3 is 0 Å². The van der Waals surface area contributed by atoms with Crippen molar-refractivity contribution in [2.75, 3.05) is 52.4 Å². The zero-order valence-corrected chi connectivity index (χ0v) is 19.9. The Balaban J connectivity index is 1.75. The van der Waals surface area contributed by atoms with Gasteiger partial charge in [0.2, 0.25) is 5.75 Å². The predicted molar refractivity (Wildman–Crippen MR) is 124 cm³/mol. The molecule has 1 saturated heterocycles. The smallest absolute Gasteiger partial charge is 0.296 e. The van der Waals surface area contributed by atoms with Crippen LogP contribution in [0, 0.1) is 0 Å². The van der Waals surface area contributed by atoms with Crippen molar-refractivity contribution in [3.63, 3.8) is 0 Å². The second-order valence-corrected chi connectivity index (χ2v) is 9.17. The molecule has 1 aliphatic heterocycles. The van der Waals surface area contributed by atoms with Crippen molar-refractivity contribution in [2.24, 2.45) is 0 Å². The minimum absolute atomic E-state index is 0.0153. The first-order chi connectivity index (χ1) is 15.3. The molecule has 3 rings (SSSR count). The Morgan fingerprint density at radius 1 is 0.938 bits per heavy atom. The number of aryl methyl sites for hydroxylation is 1. The summed E-state index contributed by atoms with van der Waals surface area (Å²) >= 11 is 0. The molecule has 0 radical (unpaired) electrons. The van der Waals surface area contributed by atoms with Gasteiger partial charge in [-0.3, -0.25) is 9.45 Å². The lowest BCUT2D eigenvalue weighted by Crippen LogP contribution is -2.46. The number of methoxy groups -OCH3 is 3. The molecular weight excluding hydrogens is 432 g/mol. The lowest BCUT2D eigenvalue weighted by Gasteiger charge is -2.37. The van der Waals surface area contributed by atoms with Crippen molar-refractivity contribution in [1.82, 2.24) is 4.90 Å². The van der Waals surface area contributed by atoms with Gasteiger partial charge in [0.25, 0.3) is 10.1 Å². The highest BCUT2D eigenvalue weighted by atomic mass is 32.2. The fraction of sp³-hybridized carbons (Fsp3) is 0.478. The normalized spacial score (nSPS) is 15.0. The van der Waals surface area contributed by atoms with E-state index < -0.39 is 10.1 Å². The average molecular weight is 465 g/mol. The Morgan fingerprint density at radius 2 is 1.62 bits per heavy atom. The van der Waals surface area contributed by atoms with E-state index in [9.17, 15) is 13.0 Å². The molecule has 0 bridgehead atoms. The number of benzene rings is 2. The van der Waals surface area contributed by atoms with Crippen molar-refractivity contribution >= 4 is 15.8 Å². The molecule has 0 unspecified atom stereocenters. The van der Waals surface area contributed by atoms with Gasteiger partial charge < -0.3 is 19.1 Å². The third-order valence-electron chi connectivity index (χ3n) is 5.73. The lowest BCUT2D eigenvalue weighted by atomic mass is 10.1. The molecule has 2 aromatic rings. The second-order valence-electron chi connectivity index (χ2n) is 7.78. The molecule has 1 fully saturated rings. The van der Waals surface area contributed by atoms with Crippen molar-refractivity contribution in [3.8, 4) is 17.2 Å². The summed E-state index contributed by atoms with van der Waals surface area (Å²) in [6, 6.07) is 9.17. The van der Waals surface area contributed by atoms with E-state index in [0.717, 1.165) is 37.1 Å². The number of rotatable bonds is 9. The van der Waals surface area contributed by atoms with Gasteiger partial charge in [-0.25, -0.2) is 0 Å². The van der Waals surface area contributed by atoms with Crippen LogP contribution in [-0.2, 0) is 23.1 Å². The van der Waals surface area contributed by atoms with Gasteiger partial charge in [0.05, 0.1) is 27.0 Å². The number of anilines is 1. The number of hydrogen-bond donors (Lipinski definition) is 1. The summed E-state index contributed by atoms with van der Waals surface area (Å²) in [5.41, 5.74) is 2.44. The van der Waals surface area contributed by atoms with Crippen molar-refractivity contribution in [1.29, 1.82) is 0 Å².